The topological polar surface area (TPSA) is 80.7 Å². The van der Waals surface area contributed by atoms with Gasteiger partial charge < -0.3 is 9.84 Å². The summed E-state index contributed by atoms with van der Waals surface area (Å²) in [6.07, 6.45) is 1.27. The van der Waals surface area contributed by atoms with E-state index in [1.807, 2.05) is 0 Å². The van der Waals surface area contributed by atoms with Gasteiger partial charge in [0.15, 0.2) is 9.84 Å². The predicted octanol–water partition coefficient (Wildman–Crippen LogP) is 1.92. The molecule has 0 radical (unpaired) electrons. The van der Waals surface area contributed by atoms with E-state index >= 15 is 0 Å². The zero-order chi connectivity index (χ0) is 13.8. The number of carbonyl (C=O) groups is 1. The van der Waals surface area contributed by atoms with Crippen LogP contribution in [-0.4, -0.2) is 32.4 Å². The lowest BCUT2D eigenvalue weighted by Crippen LogP contribution is -2.08. The van der Waals surface area contributed by atoms with Crippen LogP contribution in [0.25, 0.3) is 0 Å². The highest BCUT2D eigenvalue weighted by molar-refractivity contribution is 7.91. The molecule has 1 aromatic carbocycles. The van der Waals surface area contributed by atoms with Crippen molar-refractivity contribution >= 4 is 27.4 Å². The van der Waals surface area contributed by atoms with E-state index in [1.54, 1.807) is 0 Å². The molecule has 0 spiro atoms. The Morgan fingerprint density at radius 3 is 2.67 bits per heavy atom. The Labute approximate surface area is 110 Å². The van der Waals surface area contributed by atoms with Crippen LogP contribution in [0.1, 0.15) is 10.4 Å². The lowest BCUT2D eigenvalue weighted by molar-refractivity contribution is 0.0693. The SMILES string of the molecule is COc1ccc(S(=O)(=O)C/C=C/Cl)cc1C(=O)O. The molecule has 0 saturated heterocycles. The van der Waals surface area contributed by atoms with Gasteiger partial charge in [0.1, 0.15) is 11.3 Å². The third-order valence-corrected chi connectivity index (χ3v) is 3.95. The number of halogens is 1. The van der Waals surface area contributed by atoms with E-state index < -0.39 is 15.8 Å². The maximum absolute atomic E-state index is 11.8. The van der Waals surface area contributed by atoms with Gasteiger partial charge in [0.25, 0.3) is 0 Å². The van der Waals surface area contributed by atoms with E-state index in [0.717, 1.165) is 11.6 Å². The first kappa shape index (κ1) is 14.5. The van der Waals surface area contributed by atoms with Crippen LogP contribution in [-0.2, 0) is 9.84 Å². The second-order valence-corrected chi connectivity index (χ2v) is 5.60. The molecule has 0 saturated carbocycles. The van der Waals surface area contributed by atoms with Crippen LogP contribution in [0.3, 0.4) is 0 Å². The molecule has 7 heteroatoms. The number of ether oxygens (including phenoxy) is 1. The lowest BCUT2D eigenvalue weighted by Gasteiger charge is -2.07. The van der Waals surface area contributed by atoms with E-state index in [-0.39, 0.29) is 22.0 Å². The van der Waals surface area contributed by atoms with Gasteiger partial charge in [0, 0.05) is 5.54 Å². The molecule has 1 N–H and O–H groups in total. The molecule has 18 heavy (non-hydrogen) atoms. The molecule has 0 aliphatic carbocycles. The highest BCUT2D eigenvalue weighted by atomic mass is 35.5. The van der Waals surface area contributed by atoms with Gasteiger partial charge in [0.2, 0.25) is 0 Å². The summed E-state index contributed by atoms with van der Waals surface area (Å²) in [6.45, 7) is 0. The van der Waals surface area contributed by atoms with Gasteiger partial charge in [-0.25, -0.2) is 13.2 Å². The number of hydrogen-bond acceptors (Lipinski definition) is 4. The fraction of sp³-hybridized carbons (Fsp3) is 0.182. The van der Waals surface area contributed by atoms with Crippen molar-refractivity contribution in [2.75, 3.05) is 12.9 Å². The molecule has 0 bridgehead atoms. The third kappa shape index (κ3) is 3.24. The summed E-state index contributed by atoms with van der Waals surface area (Å²) >= 11 is 5.27. The number of aromatic carboxylic acids is 1. The van der Waals surface area contributed by atoms with Gasteiger partial charge in [0.05, 0.1) is 17.8 Å². The van der Waals surface area contributed by atoms with Crippen LogP contribution in [0, 0.1) is 0 Å². The van der Waals surface area contributed by atoms with Crippen molar-refractivity contribution in [2.45, 2.75) is 4.90 Å². The second kappa shape index (κ2) is 5.88. The maximum Gasteiger partial charge on any atom is 0.339 e. The minimum absolute atomic E-state index is 0.0875. The van der Waals surface area contributed by atoms with E-state index in [1.165, 1.54) is 25.3 Å². The fourth-order valence-electron chi connectivity index (χ4n) is 1.31. The van der Waals surface area contributed by atoms with Crippen molar-refractivity contribution in [3.8, 4) is 5.75 Å². The van der Waals surface area contributed by atoms with Gasteiger partial charge in [-0.2, -0.15) is 0 Å². The number of hydrogen-bond donors (Lipinski definition) is 1. The first-order chi connectivity index (χ1) is 8.42. The van der Waals surface area contributed by atoms with Gasteiger partial charge in [-0.05, 0) is 18.2 Å². The summed E-state index contributed by atoms with van der Waals surface area (Å²) in [4.78, 5) is 10.9. The Kier molecular flexibility index (Phi) is 4.75. The number of methoxy groups -OCH3 is 1. The predicted molar refractivity (Wildman–Crippen MR) is 67.0 cm³/mol. The van der Waals surface area contributed by atoms with Crippen molar-refractivity contribution in [2.24, 2.45) is 0 Å². The molecule has 0 aromatic heterocycles. The minimum atomic E-state index is -3.59. The normalized spacial score (nSPS) is 11.7. The number of sulfone groups is 1. The van der Waals surface area contributed by atoms with Crippen molar-refractivity contribution in [3.05, 3.63) is 35.4 Å². The lowest BCUT2D eigenvalue weighted by atomic mass is 10.2. The van der Waals surface area contributed by atoms with Gasteiger partial charge in [-0.15, -0.1) is 0 Å². The molecule has 0 aliphatic heterocycles. The van der Waals surface area contributed by atoms with Crippen LogP contribution in [0.15, 0.2) is 34.7 Å². The average molecular weight is 291 g/mol. The Hall–Kier alpha value is -1.53. The standard InChI is InChI=1S/C11H11ClO5S/c1-17-10-4-3-8(7-9(10)11(13)14)18(15,16)6-2-5-12/h2-5,7H,6H2,1H3,(H,13,14)/b5-2+. The molecular weight excluding hydrogens is 280 g/mol. The van der Waals surface area contributed by atoms with Crippen molar-refractivity contribution < 1.29 is 23.1 Å². The highest BCUT2D eigenvalue weighted by Crippen LogP contribution is 2.23. The average Bonchev–Trinajstić information content (AvgIpc) is 2.35. The summed E-state index contributed by atoms with van der Waals surface area (Å²) in [5, 5.41) is 8.95. The van der Waals surface area contributed by atoms with Crippen LogP contribution in [0.2, 0.25) is 0 Å². The summed E-state index contributed by atoms with van der Waals surface area (Å²) < 4.78 is 28.5. The van der Waals surface area contributed by atoms with Crippen LogP contribution in [0.4, 0.5) is 0 Å². The zero-order valence-corrected chi connectivity index (χ0v) is 11.0. The van der Waals surface area contributed by atoms with Gasteiger partial charge in [-0.3, -0.25) is 0 Å². The van der Waals surface area contributed by atoms with Crippen LogP contribution >= 0.6 is 11.6 Å². The zero-order valence-electron chi connectivity index (χ0n) is 9.46. The summed E-state index contributed by atoms with van der Waals surface area (Å²) in [5.74, 6) is -1.44. The van der Waals surface area contributed by atoms with Gasteiger partial charge >= 0.3 is 5.97 Å². The van der Waals surface area contributed by atoms with Crippen LogP contribution < -0.4 is 4.74 Å². The second-order valence-electron chi connectivity index (χ2n) is 3.31. The molecule has 0 aliphatic rings. The van der Waals surface area contributed by atoms with E-state index in [9.17, 15) is 13.2 Å². The molecule has 1 aromatic rings. The van der Waals surface area contributed by atoms with E-state index in [4.69, 9.17) is 21.4 Å². The van der Waals surface area contributed by atoms with Crippen molar-refractivity contribution in [1.82, 2.24) is 0 Å². The largest absolute Gasteiger partial charge is 0.496 e. The minimum Gasteiger partial charge on any atom is -0.496 e. The smallest absolute Gasteiger partial charge is 0.339 e. The van der Waals surface area contributed by atoms with Gasteiger partial charge in [-0.1, -0.05) is 17.7 Å². The molecule has 98 valence electrons. The van der Waals surface area contributed by atoms with E-state index in [0.29, 0.717) is 0 Å². The number of carboxylic acids is 1. The first-order valence-corrected chi connectivity index (χ1v) is 6.90. The molecule has 0 atom stereocenters. The Balaban J connectivity index is 3.28. The van der Waals surface area contributed by atoms with E-state index in [2.05, 4.69) is 0 Å². The molecular formula is C11H11ClO5S. The third-order valence-electron chi connectivity index (χ3n) is 2.17. The van der Waals surface area contributed by atoms with Crippen molar-refractivity contribution in [3.63, 3.8) is 0 Å². The Bertz CT molecular complexity index is 577. The summed E-state index contributed by atoms with van der Waals surface area (Å²) in [5.41, 5.74) is 0.896. The molecule has 0 fully saturated rings. The number of benzene rings is 1. The highest BCUT2D eigenvalue weighted by Gasteiger charge is 2.18. The quantitative estimate of drug-likeness (QED) is 0.896. The summed E-state index contributed by atoms with van der Waals surface area (Å²) in [7, 11) is -2.28. The molecule has 1 rings (SSSR count). The van der Waals surface area contributed by atoms with Crippen molar-refractivity contribution in [1.29, 1.82) is 0 Å². The maximum atomic E-state index is 11.8. The molecule has 0 heterocycles. The molecule has 0 unspecified atom stereocenters. The first-order valence-electron chi connectivity index (χ1n) is 4.81. The van der Waals surface area contributed by atoms with Crippen LogP contribution in [0.5, 0.6) is 5.75 Å². The number of carboxylic acid groups (broad SMARTS) is 1. The summed E-state index contributed by atoms with van der Waals surface area (Å²) in [6, 6.07) is 3.67. The fourth-order valence-corrected chi connectivity index (χ4v) is 2.62. The number of rotatable bonds is 5. The monoisotopic (exact) mass is 290 g/mol. The molecule has 0 amide bonds. The Morgan fingerprint density at radius 1 is 1.50 bits per heavy atom. The molecule has 5 nitrogen and oxygen atoms in total. The Morgan fingerprint density at radius 2 is 2.17 bits per heavy atom.